The Morgan fingerprint density at radius 1 is 1.12 bits per heavy atom. The van der Waals surface area contributed by atoms with Gasteiger partial charge in [-0.25, -0.2) is 4.98 Å². The molecule has 0 aliphatic carbocycles. The molecule has 1 heterocycles. The van der Waals surface area contributed by atoms with Crippen molar-refractivity contribution in [2.24, 2.45) is 5.10 Å². The van der Waals surface area contributed by atoms with Crippen LogP contribution < -0.4 is 15.0 Å². The summed E-state index contributed by atoms with van der Waals surface area (Å²) in [5, 5.41) is 15.6. The molecule has 0 aliphatic heterocycles. The highest BCUT2D eigenvalue weighted by atomic mass is 79.9. The molecule has 0 spiro atoms. The average Bonchev–Trinajstić information content (AvgIpc) is 2.83. The number of methoxy groups -OCH3 is 1. The Balaban J connectivity index is 1.55. The zero-order valence-electron chi connectivity index (χ0n) is 18.3. The topological polar surface area (TPSA) is 109 Å². The Hall–Kier alpha value is -4.05. The van der Waals surface area contributed by atoms with Crippen LogP contribution >= 0.6 is 15.9 Å². The zero-order chi connectivity index (χ0) is 24.2. The van der Waals surface area contributed by atoms with Crippen molar-refractivity contribution in [3.05, 3.63) is 103 Å². The molecule has 0 saturated heterocycles. The summed E-state index contributed by atoms with van der Waals surface area (Å²) in [6.07, 6.45) is 1.54. The molecule has 0 bridgehead atoms. The minimum Gasteiger partial charge on any atom is -0.493 e. The molecule has 0 saturated carbocycles. The van der Waals surface area contributed by atoms with E-state index in [9.17, 15) is 14.9 Å². The fourth-order valence-corrected chi connectivity index (χ4v) is 3.64. The van der Waals surface area contributed by atoms with Crippen LogP contribution in [0.3, 0.4) is 0 Å². The molecule has 3 aromatic carbocycles. The van der Waals surface area contributed by atoms with Gasteiger partial charge in [-0.15, -0.1) is 0 Å². The van der Waals surface area contributed by atoms with Gasteiger partial charge in [-0.3, -0.25) is 14.9 Å². The first-order chi connectivity index (χ1) is 16.4. The molecule has 0 radical (unpaired) electrons. The van der Waals surface area contributed by atoms with Gasteiger partial charge in [0.05, 0.1) is 29.2 Å². The highest BCUT2D eigenvalue weighted by Gasteiger charge is 2.10. The molecular weight excluding hydrogens is 504 g/mol. The van der Waals surface area contributed by atoms with Crippen molar-refractivity contribution < 1.29 is 14.4 Å². The lowest BCUT2D eigenvalue weighted by Crippen LogP contribution is -2.20. The molecule has 0 fully saturated rings. The van der Waals surface area contributed by atoms with Crippen molar-refractivity contribution in [2.75, 3.05) is 7.11 Å². The van der Waals surface area contributed by atoms with Gasteiger partial charge in [0.25, 0.3) is 11.2 Å². The van der Waals surface area contributed by atoms with Crippen LogP contribution in [-0.2, 0) is 6.61 Å². The van der Waals surface area contributed by atoms with E-state index in [-0.39, 0.29) is 17.9 Å². The number of nitro benzene ring substituents is 1. The maximum atomic E-state index is 12.9. The lowest BCUT2D eigenvalue weighted by molar-refractivity contribution is -0.384. The van der Waals surface area contributed by atoms with E-state index in [4.69, 9.17) is 9.47 Å². The Bertz CT molecular complexity index is 1470. The summed E-state index contributed by atoms with van der Waals surface area (Å²) in [6.45, 7) is 1.94. The first-order valence-corrected chi connectivity index (χ1v) is 10.9. The molecule has 34 heavy (non-hydrogen) atoms. The number of nitrogens with zero attached hydrogens (tertiary/aromatic N) is 4. The number of ether oxygens (including phenoxy) is 2. The number of nitro groups is 1. The first kappa shape index (κ1) is 23.1. The van der Waals surface area contributed by atoms with Crippen molar-refractivity contribution >= 4 is 38.7 Å². The van der Waals surface area contributed by atoms with E-state index in [0.717, 1.165) is 10.0 Å². The van der Waals surface area contributed by atoms with Crippen molar-refractivity contribution in [1.29, 1.82) is 0 Å². The van der Waals surface area contributed by atoms with Crippen LogP contribution in [0.25, 0.3) is 10.9 Å². The minimum absolute atomic E-state index is 0.0218. The van der Waals surface area contributed by atoms with E-state index in [2.05, 4.69) is 26.0 Å². The summed E-state index contributed by atoms with van der Waals surface area (Å²) in [5.41, 5.74) is 1.83. The van der Waals surface area contributed by atoms with Gasteiger partial charge in [0, 0.05) is 16.6 Å². The number of halogens is 1. The Kier molecular flexibility index (Phi) is 6.69. The fourth-order valence-electron chi connectivity index (χ4n) is 3.28. The summed E-state index contributed by atoms with van der Waals surface area (Å²) < 4.78 is 13.3. The number of rotatable bonds is 7. The number of hydrogen-bond donors (Lipinski definition) is 0. The SMILES string of the molecule is COc1cc(C=Nn2c(C)nc3ccc(Br)cc3c2=O)ccc1OCc1ccc([N+](=O)[O-])cc1. The maximum absolute atomic E-state index is 12.9. The molecule has 0 aliphatic rings. The van der Waals surface area contributed by atoms with E-state index in [1.807, 2.05) is 6.07 Å². The van der Waals surface area contributed by atoms with Crippen LogP contribution in [0.2, 0.25) is 0 Å². The smallest absolute Gasteiger partial charge is 0.282 e. The minimum atomic E-state index is -0.448. The zero-order valence-corrected chi connectivity index (χ0v) is 19.9. The monoisotopic (exact) mass is 522 g/mol. The lowest BCUT2D eigenvalue weighted by atomic mass is 10.2. The standard InChI is InChI=1S/C24H19BrN4O5/c1-15-27-21-9-6-18(25)12-20(21)24(30)28(15)26-13-17-5-10-22(23(11-17)33-2)34-14-16-3-7-19(8-4-16)29(31)32/h3-13H,14H2,1-2H3. The summed E-state index contributed by atoms with van der Waals surface area (Å²) in [5.74, 6) is 1.45. The maximum Gasteiger partial charge on any atom is 0.282 e. The van der Waals surface area contributed by atoms with Crippen LogP contribution in [0.1, 0.15) is 17.0 Å². The van der Waals surface area contributed by atoms with E-state index in [1.54, 1.807) is 55.6 Å². The van der Waals surface area contributed by atoms with Gasteiger partial charge in [0.2, 0.25) is 0 Å². The first-order valence-electron chi connectivity index (χ1n) is 10.1. The van der Waals surface area contributed by atoms with Crippen LogP contribution in [-0.4, -0.2) is 27.9 Å². The third kappa shape index (κ3) is 4.96. The molecule has 0 atom stereocenters. The second kappa shape index (κ2) is 9.84. The fraction of sp³-hybridized carbons (Fsp3) is 0.125. The van der Waals surface area contributed by atoms with Gasteiger partial charge in [-0.1, -0.05) is 15.9 Å². The summed E-state index contributed by atoms with van der Waals surface area (Å²) in [4.78, 5) is 27.7. The molecule has 9 nitrogen and oxygen atoms in total. The second-order valence-electron chi connectivity index (χ2n) is 7.30. The van der Waals surface area contributed by atoms with Gasteiger partial charge in [-0.05, 0) is 66.6 Å². The van der Waals surface area contributed by atoms with Crippen LogP contribution in [0.5, 0.6) is 11.5 Å². The van der Waals surface area contributed by atoms with E-state index in [1.165, 1.54) is 23.9 Å². The predicted molar refractivity (Wildman–Crippen MR) is 132 cm³/mol. The highest BCUT2D eigenvalue weighted by molar-refractivity contribution is 9.10. The molecular formula is C24H19BrN4O5. The summed E-state index contributed by atoms with van der Waals surface area (Å²) >= 11 is 3.38. The van der Waals surface area contributed by atoms with Gasteiger partial charge in [-0.2, -0.15) is 9.78 Å². The number of fused-ring (bicyclic) bond motifs is 1. The van der Waals surface area contributed by atoms with Gasteiger partial charge < -0.3 is 9.47 Å². The lowest BCUT2D eigenvalue weighted by Gasteiger charge is -2.11. The number of benzene rings is 3. The number of aromatic nitrogens is 2. The Morgan fingerprint density at radius 2 is 1.88 bits per heavy atom. The van der Waals surface area contributed by atoms with Gasteiger partial charge in [0.1, 0.15) is 12.4 Å². The predicted octanol–water partition coefficient (Wildman–Crippen LogP) is 4.85. The van der Waals surface area contributed by atoms with E-state index in [0.29, 0.717) is 33.8 Å². The van der Waals surface area contributed by atoms with Crippen LogP contribution in [0.4, 0.5) is 5.69 Å². The molecule has 10 heteroatoms. The Labute approximate surface area is 202 Å². The number of aryl methyl sites for hydroxylation is 1. The molecule has 0 N–H and O–H groups in total. The van der Waals surface area contributed by atoms with Gasteiger partial charge >= 0.3 is 0 Å². The van der Waals surface area contributed by atoms with Crippen molar-refractivity contribution in [3.8, 4) is 11.5 Å². The van der Waals surface area contributed by atoms with Crippen molar-refractivity contribution in [3.63, 3.8) is 0 Å². The quantitative estimate of drug-likeness (QED) is 0.195. The molecule has 1 aromatic heterocycles. The van der Waals surface area contributed by atoms with Gasteiger partial charge in [0.15, 0.2) is 11.5 Å². The van der Waals surface area contributed by atoms with E-state index >= 15 is 0 Å². The van der Waals surface area contributed by atoms with Crippen LogP contribution in [0, 0.1) is 17.0 Å². The van der Waals surface area contributed by atoms with E-state index < -0.39 is 4.92 Å². The number of hydrogen-bond acceptors (Lipinski definition) is 7. The molecule has 4 rings (SSSR count). The number of non-ortho nitro benzene ring substituents is 1. The molecule has 0 amide bonds. The third-order valence-electron chi connectivity index (χ3n) is 5.02. The molecule has 4 aromatic rings. The second-order valence-corrected chi connectivity index (χ2v) is 8.22. The highest BCUT2D eigenvalue weighted by Crippen LogP contribution is 2.28. The normalized spacial score (nSPS) is 11.1. The van der Waals surface area contributed by atoms with Crippen molar-refractivity contribution in [2.45, 2.75) is 13.5 Å². The summed E-state index contributed by atoms with van der Waals surface area (Å²) in [7, 11) is 1.52. The summed E-state index contributed by atoms with van der Waals surface area (Å²) in [6, 6.07) is 16.7. The Morgan fingerprint density at radius 3 is 2.59 bits per heavy atom. The third-order valence-corrected chi connectivity index (χ3v) is 5.51. The molecule has 0 unspecified atom stereocenters. The largest absolute Gasteiger partial charge is 0.493 e. The van der Waals surface area contributed by atoms with Crippen molar-refractivity contribution in [1.82, 2.24) is 9.66 Å². The molecule has 172 valence electrons. The van der Waals surface area contributed by atoms with Crippen LogP contribution in [0.15, 0.2) is 75.0 Å². The average molecular weight is 523 g/mol.